The molecule has 3 atom stereocenters. The lowest BCUT2D eigenvalue weighted by atomic mass is 10.2. The maximum atomic E-state index is 9.00. The van der Waals surface area contributed by atoms with Gasteiger partial charge in [-0.05, 0) is 0 Å². The molecule has 3 aliphatic rings. The summed E-state index contributed by atoms with van der Waals surface area (Å²) < 4.78 is 11.2. The van der Waals surface area contributed by atoms with Gasteiger partial charge in [-0.25, -0.2) is 0 Å². The van der Waals surface area contributed by atoms with E-state index in [-0.39, 0.29) is 25.0 Å². The minimum atomic E-state index is -0.122. The lowest BCUT2D eigenvalue weighted by molar-refractivity contribution is -0.0413. The monoisotopic (exact) mass is 211 g/mol. The smallest absolute Gasteiger partial charge is 0.296 e. The molecule has 6 nitrogen and oxygen atoms in total. The lowest BCUT2D eigenvalue weighted by Crippen LogP contribution is -2.40. The Morgan fingerprint density at radius 3 is 3.27 bits per heavy atom. The van der Waals surface area contributed by atoms with Crippen molar-refractivity contribution >= 4 is 11.9 Å². The lowest BCUT2D eigenvalue weighted by Gasteiger charge is -2.25. The highest BCUT2D eigenvalue weighted by Crippen LogP contribution is 2.33. The van der Waals surface area contributed by atoms with E-state index in [9.17, 15) is 0 Å². The molecule has 0 aromatic carbocycles. The Hall–Kier alpha value is -1.14. The van der Waals surface area contributed by atoms with Crippen LogP contribution < -0.4 is 0 Å². The van der Waals surface area contributed by atoms with Crippen molar-refractivity contribution in [1.29, 1.82) is 5.41 Å². The van der Waals surface area contributed by atoms with Crippen LogP contribution in [0.25, 0.3) is 0 Å². The van der Waals surface area contributed by atoms with Gasteiger partial charge < -0.3 is 14.6 Å². The van der Waals surface area contributed by atoms with E-state index in [0.29, 0.717) is 24.7 Å². The molecule has 6 heteroatoms. The fraction of sp³-hybridized carbons (Fsp3) is 0.778. The van der Waals surface area contributed by atoms with Crippen molar-refractivity contribution in [2.24, 2.45) is 4.99 Å². The molecule has 0 amide bonds. The number of ether oxygens (including phenoxy) is 2. The van der Waals surface area contributed by atoms with Crippen LogP contribution in [0.15, 0.2) is 4.99 Å². The summed E-state index contributed by atoms with van der Waals surface area (Å²) in [5.41, 5.74) is 0. The maximum absolute atomic E-state index is 9.00. The van der Waals surface area contributed by atoms with E-state index < -0.39 is 0 Å². The highest BCUT2D eigenvalue weighted by atomic mass is 16.6. The molecular formula is C9H13N3O3. The summed E-state index contributed by atoms with van der Waals surface area (Å²) in [4.78, 5) is 5.98. The summed E-state index contributed by atoms with van der Waals surface area (Å²) in [6.07, 6.45) is 1.05. The van der Waals surface area contributed by atoms with Gasteiger partial charge >= 0.3 is 0 Å². The first-order valence-corrected chi connectivity index (χ1v) is 5.13. The number of nitrogens with one attached hydrogen (secondary N) is 1. The van der Waals surface area contributed by atoms with E-state index in [2.05, 4.69) is 4.99 Å². The second kappa shape index (κ2) is 3.18. The fourth-order valence-electron chi connectivity index (χ4n) is 2.24. The third-order valence-electron chi connectivity index (χ3n) is 2.98. The maximum Gasteiger partial charge on any atom is 0.296 e. The molecule has 0 aromatic rings. The molecule has 0 aromatic heterocycles. The van der Waals surface area contributed by atoms with Crippen molar-refractivity contribution in [2.45, 2.75) is 31.3 Å². The van der Waals surface area contributed by atoms with Gasteiger partial charge in [-0.2, -0.15) is 4.99 Å². The number of rotatable bonds is 1. The number of aliphatic hydroxyl groups excluding tert-OH is 1. The normalized spacial score (nSPS) is 38.5. The summed E-state index contributed by atoms with van der Waals surface area (Å²) in [5, 5.41) is 16.4. The zero-order chi connectivity index (χ0) is 10.4. The standard InChI is InChI=1S/C9H13N3O3/c10-7-1-2-12-8-6(15-9(12)11-7)3-5(4-13)14-8/h5-6,8,10,13H,1-4H2/t5-,6?,8+/m0/s1. The zero-order valence-electron chi connectivity index (χ0n) is 8.22. The number of aliphatic imine (C=N–C) groups is 1. The van der Waals surface area contributed by atoms with E-state index in [0.717, 1.165) is 6.54 Å². The van der Waals surface area contributed by atoms with Crippen LogP contribution in [0.5, 0.6) is 0 Å². The van der Waals surface area contributed by atoms with Crippen LogP contribution in [0, 0.1) is 5.41 Å². The second-order valence-electron chi connectivity index (χ2n) is 4.01. The van der Waals surface area contributed by atoms with Crippen LogP contribution >= 0.6 is 0 Å². The van der Waals surface area contributed by atoms with Crippen molar-refractivity contribution in [1.82, 2.24) is 4.90 Å². The van der Waals surface area contributed by atoms with Crippen LogP contribution in [0.4, 0.5) is 0 Å². The Labute approximate surface area is 87.0 Å². The molecule has 2 fully saturated rings. The number of hydrogen-bond acceptors (Lipinski definition) is 5. The first-order chi connectivity index (χ1) is 7.28. The van der Waals surface area contributed by atoms with Gasteiger partial charge in [0.15, 0.2) is 6.23 Å². The number of fused-ring (bicyclic) bond motifs is 3. The molecule has 3 aliphatic heterocycles. The highest BCUT2D eigenvalue weighted by Gasteiger charge is 2.48. The van der Waals surface area contributed by atoms with Crippen molar-refractivity contribution in [2.75, 3.05) is 13.2 Å². The Morgan fingerprint density at radius 2 is 2.47 bits per heavy atom. The van der Waals surface area contributed by atoms with Crippen LogP contribution in [-0.4, -0.2) is 53.5 Å². The van der Waals surface area contributed by atoms with Crippen molar-refractivity contribution in [3.05, 3.63) is 0 Å². The minimum absolute atomic E-state index is 0.0342. The van der Waals surface area contributed by atoms with Gasteiger partial charge in [0.05, 0.1) is 12.7 Å². The Morgan fingerprint density at radius 1 is 1.60 bits per heavy atom. The van der Waals surface area contributed by atoms with Gasteiger partial charge in [0.25, 0.3) is 6.02 Å². The van der Waals surface area contributed by atoms with Crippen LogP contribution in [0.3, 0.4) is 0 Å². The van der Waals surface area contributed by atoms with E-state index in [4.69, 9.17) is 20.0 Å². The Balaban J connectivity index is 1.81. The summed E-state index contributed by atoms with van der Waals surface area (Å²) in [6, 6.07) is 0.512. The number of aliphatic hydroxyl groups is 1. The quantitative estimate of drug-likeness (QED) is 0.614. The third-order valence-corrected chi connectivity index (χ3v) is 2.98. The number of amidine groups is 2. The van der Waals surface area contributed by atoms with E-state index in [1.807, 2.05) is 4.90 Å². The Kier molecular flexibility index (Phi) is 1.93. The van der Waals surface area contributed by atoms with Crippen molar-refractivity contribution in [3.8, 4) is 0 Å². The summed E-state index contributed by atoms with van der Waals surface area (Å²) >= 11 is 0. The fourth-order valence-corrected chi connectivity index (χ4v) is 2.24. The van der Waals surface area contributed by atoms with E-state index in [1.165, 1.54) is 0 Å². The van der Waals surface area contributed by atoms with Gasteiger partial charge in [-0.1, -0.05) is 0 Å². The largest absolute Gasteiger partial charge is 0.457 e. The minimum Gasteiger partial charge on any atom is -0.457 e. The average molecular weight is 211 g/mol. The molecule has 15 heavy (non-hydrogen) atoms. The summed E-state index contributed by atoms with van der Waals surface area (Å²) in [7, 11) is 0. The van der Waals surface area contributed by atoms with E-state index >= 15 is 0 Å². The highest BCUT2D eigenvalue weighted by molar-refractivity contribution is 5.95. The predicted octanol–water partition coefficient (Wildman–Crippen LogP) is -0.469. The van der Waals surface area contributed by atoms with Gasteiger partial charge in [-0.15, -0.1) is 0 Å². The van der Waals surface area contributed by atoms with E-state index in [1.54, 1.807) is 0 Å². The molecule has 0 radical (unpaired) electrons. The summed E-state index contributed by atoms with van der Waals surface area (Å²) in [6.45, 7) is 0.753. The topological polar surface area (TPSA) is 78.1 Å². The van der Waals surface area contributed by atoms with Gasteiger partial charge in [0.1, 0.15) is 11.9 Å². The zero-order valence-corrected chi connectivity index (χ0v) is 8.22. The Bertz CT molecular complexity index is 331. The molecule has 0 spiro atoms. The number of nitrogens with zero attached hydrogens (tertiary/aromatic N) is 2. The molecule has 0 bridgehead atoms. The molecule has 82 valence electrons. The third kappa shape index (κ3) is 1.32. The molecule has 3 heterocycles. The SMILES string of the molecule is N=C1CCN2C(=N1)OC1C[C@@H](CO)O[C@H]12. The molecule has 0 aliphatic carbocycles. The molecule has 2 saturated heterocycles. The van der Waals surface area contributed by atoms with Gasteiger partial charge in [-0.3, -0.25) is 10.3 Å². The summed E-state index contributed by atoms with van der Waals surface area (Å²) in [5.74, 6) is 0.361. The van der Waals surface area contributed by atoms with Crippen LogP contribution in [0.1, 0.15) is 12.8 Å². The molecule has 0 saturated carbocycles. The molecule has 2 N–H and O–H groups in total. The average Bonchev–Trinajstić information content (AvgIpc) is 2.73. The van der Waals surface area contributed by atoms with Gasteiger partial charge in [0.2, 0.25) is 0 Å². The molecule has 1 unspecified atom stereocenters. The van der Waals surface area contributed by atoms with Gasteiger partial charge in [0, 0.05) is 19.4 Å². The van der Waals surface area contributed by atoms with Crippen molar-refractivity contribution in [3.63, 3.8) is 0 Å². The first-order valence-electron chi connectivity index (χ1n) is 5.13. The first kappa shape index (κ1) is 9.11. The van der Waals surface area contributed by atoms with Crippen LogP contribution in [-0.2, 0) is 9.47 Å². The second-order valence-corrected chi connectivity index (χ2v) is 4.01. The molecular weight excluding hydrogens is 198 g/mol. The predicted molar refractivity (Wildman–Crippen MR) is 51.7 cm³/mol. The molecule has 3 rings (SSSR count). The van der Waals surface area contributed by atoms with Crippen molar-refractivity contribution < 1.29 is 14.6 Å². The van der Waals surface area contributed by atoms with Crippen LogP contribution in [0.2, 0.25) is 0 Å². The number of hydrogen-bond donors (Lipinski definition) is 2.